The van der Waals surface area contributed by atoms with E-state index in [1.54, 1.807) is 28.8 Å². The zero-order chi connectivity index (χ0) is 27.2. The van der Waals surface area contributed by atoms with Gasteiger partial charge in [0.25, 0.3) is 0 Å². The third-order valence-electron chi connectivity index (χ3n) is 7.96. The Balaban J connectivity index is 2.01. The first-order chi connectivity index (χ1) is 17.8. The minimum atomic E-state index is -0.636. The lowest BCUT2D eigenvalue weighted by Gasteiger charge is -2.38. The van der Waals surface area contributed by atoms with Gasteiger partial charge in [-0.2, -0.15) is 0 Å². The van der Waals surface area contributed by atoms with Crippen LogP contribution in [0.25, 0.3) is 0 Å². The molecule has 3 aliphatic rings. The molecule has 7 nitrogen and oxygen atoms in total. The van der Waals surface area contributed by atoms with Gasteiger partial charge < -0.3 is 19.8 Å². The Morgan fingerprint density at radius 3 is 2.35 bits per heavy atom. The third-order valence-corrected chi connectivity index (χ3v) is 11.2. The lowest BCUT2D eigenvalue weighted by Crippen LogP contribution is -2.56. The number of halogens is 1. The maximum Gasteiger partial charge on any atom is 0.247 e. The molecule has 6 atom stereocenters. The summed E-state index contributed by atoms with van der Waals surface area (Å²) in [5.41, 5.74) is 0. The number of rotatable bonds is 16. The molecular formula is C28H44BrN3O4S. The fourth-order valence-electron chi connectivity index (χ4n) is 6.43. The van der Waals surface area contributed by atoms with Crippen LogP contribution in [0, 0.1) is 11.8 Å². The van der Waals surface area contributed by atoms with E-state index in [0.29, 0.717) is 52.0 Å². The van der Waals surface area contributed by atoms with E-state index in [4.69, 9.17) is 0 Å². The van der Waals surface area contributed by atoms with Crippen molar-refractivity contribution in [1.82, 2.24) is 14.7 Å². The number of thioether (sulfide) groups is 1. The molecule has 3 rings (SSSR count). The largest absolute Gasteiger partial charge is 0.396 e. The highest BCUT2D eigenvalue weighted by molar-refractivity contribution is 9.09. The van der Waals surface area contributed by atoms with Gasteiger partial charge in [0.2, 0.25) is 17.7 Å². The van der Waals surface area contributed by atoms with Gasteiger partial charge in [-0.15, -0.1) is 24.9 Å². The van der Waals surface area contributed by atoms with E-state index in [1.165, 1.54) is 0 Å². The van der Waals surface area contributed by atoms with Gasteiger partial charge in [0.1, 0.15) is 6.04 Å². The van der Waals surface area contributed by atoms with E-state index in [1.807, 2.05) is 16.7 Å². The molecular weight excluding hydrogens is 554 g/mol. The van der Waals surface area contributed by atoms with E-state index in [9.17, 15) is 19.5 Å². The number of hydrogen-bond donors (Lipinski definition) is 1. The summed E-state index contributed by atoms with van der Waals surface area (Å²) in [6, 6.07) is -0.614. The summed E-state index contributed by atoms with van der Waals surface area (Å²) in [5, 5.41) is 9.33. The fourth-order valence-corrected chi connectivity index (χ4v) is 10.0. The number of alkyl halides is 1. The molecule has 9 heteroatoms. The van der Waals surface area contributed by atoms with E-state index < -0.39 is 22.6 Å². The van der Waals surface area contributed by atoms with Gasteiger partial charge in [-0.1, -0.05) is 54.8 Å². The van der Waals surface area contributed by atoms with Crippen LogP contribution in [-0.2, 0) is 14.4 Å². The second-order valence-electron chi connectivity index (χ2n) is 10.5. The van der Waals surface area contributed by atoms with Crippen LogP contribution >= 0.6 is 27.7 Å². The maximum atomic E-state index is 14.3. The molecule has 0 aromatic rings. The standard InChI is InChI=1S/C28H44BrN3O4S/c1-5-9-10-16-31(15-8-4)27(36)24-28-19-20(29)23(37-28)21(25(34)30(13-6-2)14-7-3)22(28)26(35)32(24)17-11-12-18-33/h6,8,20-24,33H,2,4-5,7,9-19H2,1,3H3/t20?,21-,22-,23-,24?,28?/m0/s1. The highest BCUT2D eigenvalue weighted by Crippen LogP contribution is 2.68. The Hall–Kier alpha value is -1.32. The van der Waals surface area contributed by atoms with Gasteiger partial charge >= 0.3 is 0 Å². The van der Waals surface area contributed by atoms with Crippen LogP contribution in [0.2, 0.25) is 0 Å². The number of unbranched alkanes of at least 4 members (excludes halogenated alkanes) is 3. The Bertz CT molecular complexity index is 857. The van der Waals surface area contributed by atoms with Crippen molar-refractivity contribution in [2.45, 2.75) is 79.7 Å². The van der Waals surface area contributed by atoms with Crippen LogP contribution in [-0.4, -0.2) is 97.7 Å². The number of fused-ring (bicyclic) bond motifs is 1. The topological polar surface area (TPSA) is 81.2 Å². The van der Waals surface area contributed by atoms with Crippen LogP contribution in [0.15, 0.2) is 25.3 Å². The molecule has 3 amide bonds. The predicted octanol–water partition coefficient (Wildman–Crippen LogP) is 3.85. The van der Waals surface area contributed by atoms with Crippen molar-refractivity contribution in [3.63, 3.8) is 0 Å². The first kappa shape index (κ1) is 30.2. The number of carbonyl (C=O) groups excluding carboxylic acids is 3. The second-order valence-corrected chi connectivity index (χ2v) is 13.2. The maximum absolute atomic E-state index is 14.3. The molecule has 37 heavy (non-hydrogen) atoms. The van der Waals surface area contributed by atoms with Crippen LogP contribution in [0.1, 0.15) is 58.8 Å². The van der Waals surface area contributed by atoms with E-state index in [2.05, 4.69) is 36.0 Å². The minimum absolute atomic E-state index is 0.00192. The number of aliphatic hydroxyl groups is 1. The van der Waals surface area contributed by atoms with Crippen molar-refractivity contribution in [2.75, 3.05) is 39.3 Å². The third kappa shape index (κ3) is 5.83. The Morgan fingerprint density at radius 2 is 1.76 bits per heavy atom. The smallest absolute Gasteiger partial charge is 0.247 e. The molecule has 0 aromatic heterocycles. The molecule has 3 unspecified atom stereocenters. The van der Waals surface area contributed by atoms with Crippen molar-refractivity contribution in [2.24, 2.45) is 11.8 Å². The normalized spacial score (nSPS) is 29.9. The molecule has 1 spiro atoms. The first-order valence-electron chi connectivity index (χ1n) is 13.8. The number of hydrogen-bond acceptors (Lipinski definition) is 5. The highest BCUT2D eigenvalue weighted by atomic mass is 79.9. The number of carbonyl (C=O) groups is 3. The molecule has 0 saturated carbocycles. The summed E-state index contributed by atoms with van der Waals surface area (Å²) in [5.74, 6) is -1.09. The van der Waals surface area contributed by atoms with Crippen molar-refractivity contribution in [3.05, 3.63) is 25.3 Å². The van der Waals surface area contributed by atoms with Gasteiger partial charge in [0.05, 0.1) is 16.6 Å². The Morgan fingerprint density at radius 1 is 1.08 bits per heavy atom. The van der Waals surface area contributed by atoms with Crippen LogP contribution in [0.3, 0.4) is 0 Å². The number of aliphatic hydroxyl groups excluding tert-OH is 1. The van der Waals surface area contributed by atoms with E-state index in [0.717, 1.165) is 25.7 Å². The van der Waals surface area contributed by atoms with Gasteiger partial charge in [-0.25, -0.2) is 0 Å². The summed E-state index contributed by atoms with van der Waals surface area (Å²) in [7, 11) is 0. The average Bonchev–Trinajstić information content (AvgIpc) is 3.46. The van der Waals surface area contributed by atoms with Gasteiger partial charge in [0.15, 0.2) is 0 Å². The molecule has 208 valence electrons. The van der Waals surface area contributed by atoms with Crippen molar-refractivity contribution < 1.29 is 19.5 Å². The van der Waals surface area contributed by atoms with Gasteiger partial charge in [-0.05, 0) is 32.1 Å². The lowest BCUT2D eigenvalue weighted by molar-refractivity contribution is -0.144. The molecule has 1 N–H and O–H groups in total. The molecule has 3 aliphatic heterocycles. The quantitative estimate of drug-likeness (QED) is 0.166. The van der Waals surface area contributed by atoms with Gasteiger partial charge in [0, 0.05) is 49.4 Å². The first-order valence-corrected chi connectivity index (χ1v) is 15.6. The predicted molar refractivity (Wildman–Crippen MR) is 154 cm³/mol. The second kappa shape index (κ2) is 13.7. The average molecular weight is 599 g/mol. The number of amides is 3. The van der Waals surface area contributed by atoms with Gasteiger partial charge in [-0.3, -0.25) is 14.4 Å². The monoisotopic (exact) mass is 597 g/mol. The molecule has 0 radical (unpaired) electrons. The molecule has 3 heterocycles. The summed E-state index contributed by atoms with van der Waals surface area (Å²) >= 11 is 5.54. The molecule has 0 aliphatic carbocycles. The van der Waals surface area contributed by atoms with Crippen LogP contribution < -0.4 is 0 Å². The summed E-state index contributed by atoms with van der Waals surface area (Å²) in [4.78, 5) is 47.8. The number of nitrogens with zero attached hydrogens (tertiary/aromatic N) is 3. The van der Waals surface area contributed by atoms with Crippen molar-refractivity contribution in [3.8, 4) is 0 Å². The van der Waals surface area contributed by atoms with Crippen LogP contribution in [0.4, 0.5) is 0 Å². The molecule has 3 fully saturated rings. The van der Waals surface area contributed by atoms with Crippen molar-refractivity contribution >= 4 is 45.4 Å². The highest BCUT2D eigenvalue weighted by Gasteiger charge is 2.75. The number of likely N-dealkylation sites (tertiary alicyclic amines) is 1. The fraction of sp³-hybridized carbons (Fsp3) is 0.750. The zero-order valence-corrected chi connectivity index (χ0v) is 24.9. The van der Waals surface area contributed by atoms with E-state index >= 15 is 0 Å². The Kier molecular flexibility index (Phi) is 11.2. The Labute approximate surface area is 235 Å². The molecule has 0 aromatic carbocycles. The zero-order valence-electron chi connectivity index (χ0n) is 22.4. The molecule has 2 bridgehead atoms. The van der Waals surface area contributed by atoms with E-state index in [-0.39, 0.29) is 34.4 Å². The summed E-state index contributed by atoms with van der Waals surface area (Å²) < 4.78 is -0.636. The molecule has 3 saturated heterocycles. The SMILES string of the molecule is C=CCN(CCCCC)C(=O)C1N(CCCCO)C(=O)[C@@H]2[C@H](C(=O)N(CC=C)CCC)[C@H]3SC12CC3Br. The van der Waals surface area contributed by atoms with Crippen LogP contribution in [0.5, 0.6) is 0 Å². The summed E-state index contributed by atoms with van der Waals surface area (Å²) in [6.45, 7) is 14.5. The summed E-state index contributed by atoms with van der Waals surface area (Å²) in [6.07, 6.45) is 9.19. The lowest BCUT2D eigenvalue weighted by atomic mass is 9.70. The minimum Gasteiger partial charge on any atom is -0.396 e. The van der Waals surface area contributed by atoms with Crippen molar-refractivity contribution in [1.29, 1.82) is 0 Å².